The van der Waals surface area contributed by atoms with Gasteiger partial charge in [-0.15, -0.1) is 0 Å². The summed E-state index contributed by atoms with van der Waals surface area (Å²) in [6.45, 7) is 0. The SMILES string of the molecule is N#CCc1cc(Br)c(C(=O)c2ccc(C(F)(F)F)cc2)[nH]1. The Hall–Kier alpha value is -2.07. The highest BCUT2D eigenvalue weighted by Crippen LogP contribution is 2.29. The van der Waals surface area contributed by atoms with Crippen LogP contribution in [0.2, 0.25) is 0 Å². The number of benzene rings is 1. The first-order valence-electron chi connectivity index (χ1n) is 5.79. The highest BCUT2D eigenvalue weighted by molar-refractivity contribution is 9.10. The summed E-state index contributed by atoms with van der Waals surface area (Å²) in [7, 11) is 0. The van der Waals surface area contributed by atoms with E-state index in [9.17, 15) is 18.0 Å². The molecule has 0 amide bonds. The molecule has 0 aliphatic carbocycles. The summed E-state index contributed by atoms with van der Waals surface area (Å²) in [6, 6.07) is 7.51. The zero-order chi connectivity index (χ0) is 15.6. The van der Waals surface area contributed by atoms with Crippen LogP contribution in [0.5, 0.6) is 0 Å². The Kier molecular flexibility index (Phi) is 4.19. The molecule has 0 fully saturated rings. The molecule has 1 aromatic heterocycles. The van der Waals surface area contributed by atoms with Crippen LogP contribution >= 0.6 is 15.9 Å². The third-order valence-corrected chi connectivity index (χ3v) is 3.42. The lowest BCUT2D eigenvalue weighted by Crippen LogP contribution is -2.07. The smallest absolute Gasteiger partial charge is 0.354 e. The topological polar surface area (TPSA) is 56.6 Å². The molecular weight excluding hydrogens is 349 g/mol. The third kappa shape index (κ3) is 3.34. The lowest BCUT2D eigenvalue weighted by Gasteiger charge is -2.07. The van der Waals surface area contributed by atoms with Gasteiger partial charge < -0.3 is 4.98 Å². The first kappa shape index (κ1) is 15.3. The molecule has 0 aliphatic heterocycles. The molecule has 2 aromatic rings. The number of nitrogens with one attached hydrogen (secondary N) is 1. The Morgan fingerprint density at radius 2 is 1.90 bits per heavy atom. The Bertz CT molecular complexity index is 711. The van der Waals surface area contributed by atoms with Crippen LogP contribution in [0.4, 0.5) is 13.2 Å². The van der Waals surface area contributed by atoms with Gasteiger partial charge >= 0.3 is 6.18 Å². The van der Waals surface area contributed by atoms with Gasteiger partial charge in [0.05, 0.1) is 18.1 Å². The van der Waals surface area contributed by atoms with Gasteiger partial charge in [-0.1, -0.05) is 12.1 Å². The Morgan fingerprint density at radius 1 is 1.29 bits per heavy atom. The minimum atomic E-state index is -4.44. The molecule has 108 valence electrons. The predicted molar refractivity (Wildman–Crippen MR) is 72.7 cm³/mol. The van der Waals surface area contributed by atoms with E-state index in [0.29, 0.717) is 10.2 Å². The van der Waals surface area contributed by atoms with Crippen LogP contribution in [0, 0.1) is 11.3 Å². The van der Waals surface area contributed by atoms with Crippen LogP contribution < -0.4 is 0 Å². The Morgan fingerprint density at radius 3 is 2.43 bits per heavy atom. The summed E-state index contributed by atoms with van der Waals surface area (Å²) in [5.41, 5.74) is 0.0865. The van der Waals surface area contributed by atoms with Crippen molar-refractivity contribution < 1.29 is 18.0 Å². The van der Waals surface area contributed by atoms with Crippen LogP contribution in [0.1, 0.15) is 27.3 Å². The van der Waals surface area contributed by atoms with Crippen molar-refractivity contribution in [1.82, 2.24) is 4.98 Å². The van der Waals surface area contributed by atoms with E-state index in [1.54, 1.807) is 6.07 Å². The van der Waals surface area contributed by atoms with Crippen molar-refractivity contribution >= 4 is 21.7 Å². The summed E-state index contributed by atoms with van der Waals surface area (Å²) in [5.74, 6) is -0.445. The predicted octanol–water partition coefficient (Wildman–Crippen LogP) is 4.09. The Labute approximate surface area is 126 Å². The monoisotopic (exact) mass is 356 g/mol. The van der Waals surface area contributed by atoms with E-state index < -0.39 is 17.5 Å². The van der Waals surface area contributed by atoms with E-state index in [0.717, 1.165) is 24.3 Å². The molecule has 0 saturated heterocycles. The molecule has 0 unspecified atom stereocenters. The van der Waals surface area contributed by atoms with Gasteiger partial charge in [0.1, 0.15) is 5.69 Å². The van der Waals surface area contributed by atoms with Crippen molar-refractivity contribution in [3.05, 3.63) is 57.3 Å². The molecular formula is C14H8BrF3N2O. The van der Waals surface area contributed by atoms with Gasteiger partial charge in [-0.3, -0.25) is 4.79 Å². The number of aromatic nitrogens is 1. The zero-order valence-electron chi connectivity index (χ0n) is 10.5. The molecule has 0 atom stereocenters. The fourth-order valence-corrected chi connectivity index (χ4v) is 2.34. The molecule has 0 bridgehead atoms. The third-order valence-electron chi connectivity index (χ3n) is 2.80. The number of nitriles is 1. The molecule has 1 heterocycles. The quantitative estimate of drug-likeness (QED) is 0.842. The minimum absolute atomic E-state index is 0.110. The number of hydrogen-bond acceptors (Lipinski definition) is 2. The second-order valence-corrected chi connectivity index (χ2v) is 5.11. The van der Waals surface area contributed by atoms with Crippen LogP contribution in [-0.2, 0) is 12.6 Å². The lowest BCUT2D eigenvalue weighted by atomic mass is 10.1. The number of alkyl halides is 3. The maximum absolute atomic E-state index is 12.5. The standard InChI is InChI=1S/C14H8BrF3N2O/c15-11-7-10(5-6-19)20-12(11)13(21)8-1-3-9(4-2-8)14(16,17)18/h1-4,7,20H,5H2. The largest absolute Gasteiger partial charge is 0.416 e. The normalized spacial score (nSPS) is 11.2. The maximum Gasteiger partial charge on any atom is 0.416 e. The molecule has 21 heavy (non-hydrogen) atoms. The van der Waals surface area contributed by atoms with Crippen molar-refractivity contribution in [1.29, 1.82) is 5.26 Å². The van der Waals surface area contributed by atoms with Crippen molar-refractivity contribution in [2.45, 2.75) is 12.6 Å². The van der Waals surface area contributed by atoms with E-state index in [-0.39, 0.29) is 17.7 Å². The summed E-state index contributed by atoms with van der Waals surface area (Å²) < 4.78 is 37.9. The van der Waals surface area contributed by atoms with E-state index in [4.69, 9.17) is 5.26 Å². The van der Waals surface area contributed by atoms with E-state index in [1.165, 1.54) is 0 Å². The summed E-state index contributed by atoms with van der Waals surface area (Å²) in [4.78, 5) is 15.0. The number of nitrogens with zero attached hydrogens (tertiary/aromatic N) is 1. The van der Waals surface area contributed by atoms with E-state index in [2.05, 4.69) is 20.9 Å². The van der Waals surface area contributed by atoms with E-state index in [1.807, 2.05) is 6.07 Å². The minimum Gasteiger partial charge on any atom is -0.354 e. The number of aromatic amines is 1. The van der Waals surface area contributed by atoms with Gasteiger partial charge in [0.15, 0.2) is 0 Å². The van der Waals surface area contributed by atoms with Gasteiger partial charge in [0.2, 0.25) is 5.78 Å². The summed E-state index contributed by atoms with van der Waals surface area (Å²) in [5, 5.41) is 8.61. The number of halogens is 4. The number of hydrogen-bond donors (Lipinski definition) is 1. The molecule has 0 radical (unpaired) electrons. The van der Waals surface area contributed by atoms with Crippen LogP contribution in [0.15, 0.2) is 34.8 Å². The molecule has 1 aromatic carbocycles. The van der Waals surface area contributed by atoms with Crippen LogP contribution in [0.3, 0.4) is 0 Å². The molecule has 0 saturated carbocycles. The van der Waals surface area contributed by atoms with Crippen molar-refractivity contribution in [2.24, 2.45) is 0 Å². The van der Waals surface area contributed by atoms with Crippen LogP contribution in [-0.4, -0.2) is 10.8 Å². The highest BCUT2D eigenvalue weighted by atomic mass is 79.9. The average molecular weight is 357 g/mol. The number of H-pyrrole nitrogens is 1. The number of carbonyl (C=O) groups excluding carboxylic acids is 1. The van der Waals surface area contributed by atoms with Crippen molar-refractivity contribution in [2.75, 3.05) is 0 Å². The number of carbonyl (C=O) groups is 1. The fourth-order valence-electron chi connectivity index (χ4n) is 1.78. The van der Waals surface area contributed by atoms with E-state index >= 15 is 0 Å². The average Bonchev–Trinajstić information content (AvgIpc) is 2.78. The fraction of sp³-hybridized carbons (Fsp3) is 0.143. The van der Waals surface area contributed by atoms with Crippen molar-refractivity contribution in [3.8, 4) is 6.07 Å². The first-order valence-corrected chi connectivity index (χ1v) is 6.58. The molecule has 0 spiro atoms. The number of ketones is 1. The van der Waals surface area contributed by atoms with Crippen molar-refractivity contribution in [3.63, 3.8) is 0 Å². The van der Waals surface area contributed by atoms with Crippen LogP contribution in [0.25, 0.3) is 0 Å². The van der Waals surface area contributed by atoms with Gasteiger partial charge in [0.25, 0.3) is 0 Å². The molecule has 1 N–H and O–H groups in total. The zero-order valence-corrected chi connectivity index (χ0v) is 12.0. The molecule has 3 nitrogen and oxygen atoms in total. The van der Waals surface area contributed by atoms with Gasteiger partial charge in [-0.25, -0.2) is 0 Å². The highest BCUT2D eigenvalue weighted by Gasteiger charge is 2.30. The first-order chi connectivity index (χ1) is 9.82. The van der Waals surface area contributed by atoms with Gasteiger partial charge in [0, 0.05) is 15.7 Å². The summed E-state index contributed by atoms with van der Waals surface area (Å²) in [6.07, 6.45) is -4.33. The molecule has 0 aliphatic rings. The second kappa shape index (κ2) is 5.74. The summed E-state index contributed by atoms with van der Waals surface area (Å²) >= 11 is 3.19. The van der Waals surface area contributed by atoms with Gasteiger partial charge in [-0.05, 0) is 34.1 Å². The second-order valence-electron chi connectivity index (χ2n) is 4.26. The number of rotatable bonds is 3. The lowest BCUT2D eigenvalue weighted by molar-refractivity contribution is -0.137. The van der Waals surface area contributed by atoms with Gasteiger partial charge in [-0.2, -0.15) is 18.4 Å². The Balaban J connectivity index is 2.30. The maximum atomic E-state index is 12.5. The molecule has 2 rings (SSSR count). The molecule has 7 heteroatoms.